The summed E-state index contributed by atoms with van der Waals surface area (Å²) in [5.41, 5.74) is 2.74. The fourth-order valence-electron chi connectivity index (χ4n) is 2.17. The molecule has 6 heteroatoms. The van der Waals surface area contributed by atoms with E-state index in [1.807, 2.05) is 32.0 Å². The van der Waals surface area contributed by atoms with Crippen molar-refractivity contribution in [2.45, 2.75) is 26.9 Å². The molecule has 0 aliphatic heterocycles. The Balaban J connectivity index is 2.07. The van der Waals surface area contributed by atoms with Crippen molar-refractivity contribution in [2.75, 3.05) is 5.32 Å². The van der Waals surface area contributed by atoms with Gasteiger partial charge in [-0.05, 0) is 50.1 Å². The van der Waals surface area contributed by atoms with Crippen molar-refractivity contribution in [3.8, 4) is 0 Å². The zero-order valence-corrected chi connectivity index (χ0v) is 15.0. The zero-order chi connectivity index (χ0) is 17.9. The first-order valence-corrected chi connectivity index (χ1v) is 8.08. The van der Waals surface area contributed by atoms with E-state index in [1.165, 1.54) is 25.1 Å². The highest BCUT2D eigenvalue weighted by atomic mass is 35.5. The van der Waals surface area contributed by atoms with E-state index in [0.717, 1.165) is 16.8 Å². The van der Waals surface area contributed by atoms with Gasteiger partial charge in [0.25, 0.3) is 5.91 Å². The summed E-state index contributed by atoms with van der Waals surface area (Å²) < 4.78 is 5.19. The van der Waals surface area contributed by atoms with Gasteiger partial charge in [0.15, 0.2) is 6.10 Å². The Morgan fingerprint density at radius 3 is 2.29 bits per heavy atom. The molecule has 0 unspecified atom stereocenters. The van der Waals surface area contributed by atoms with Crippen LogP contribution in [0.1, 0.15) is 28.4 Å². The summed E-state index contributed by atoms with van der Waals surface area (Å²) in [5.74, 6) is -1.09. The number of carbonyl (C=O) groups is 2. The van der Waals surface area contributed by atoms with Gasteiger partial charge >= 0.3 is 5.97 Å². The van der Waals surface area contributed by atoms with E-state index >= 15 is 0 Å². The van der Waals surface area contributed by atoms with Crippen LogP contribution in [0, 0.1) is 13.8 Å². The quantitative estimate of drug-likeness (QED) is 0.792. The lowest BCUT2D eigenvalue weighted by Crippen LogP contribution is -2.30. The number of anilines is 1. The van der Waals surface area contributed by atoms with Crippen molar-refractivity contribution in [1.29, 1.82) is 0 Å². The number of hydrogen-bond donors (Lipinski definition) is 1. The van der Waals surface area contributed by atoms with Crippen molar-refractivity contribution in [3.63, 3.8) is 0 Å². The van der Waals surface area contributed by atoms with Gasteiger partial charge in [0.05, 0.1) is 10.6 Å². The lowest BCUT2D eigenvalue weighted by molar-refractivity contribution is -0.123. The number of amides is 1. The molecule has 1 amide bonds. The van der Waals surface area contributed by atoms with Crippen molar-refractivity contribution in [1.82, 2.24) is 0 Å². The third-order valence-electron chi connectivity index (χ3n) is 3.53. The topological polar surface area (TPSA) is 55.4 Å². The maximum absolute atomic E-state index is 12.3. The van der Waals surface area contributed by atoms with Gasteiger partial charge in [0.2, 0.25) is 0 Å². The van der Waals surface area contributed by atoms with Crippen LogP contribution in [0.3, 0.4) is 0 Å². The number of hydrogen-bond acceptors (Lipinski definition) is 3. The minimum atomic E-state index is -0.969. The molecule has 2 rings (SSSR count). The Kier molecular flexibility index (Phi) is 5.86. The Morgan fingerprint density at radius 1 is 1.08 bits per heavy atom. The summed E-state index contributed by atoms with van der Waals surface area (Å²) in [6, 6.07) is 10.1. The molecule has 0 saturated heterocycles. The smallest absolute Gasteiger partial charge is 0.340 e. The fraction of sp³-hybridized carbons (Fsp3) is 0.222. The maximum atomic E-state index is 12.3. The molecule has 0 spiro atoms. The lowest BCUT2D eigenvalue weighted by atomic mass is 10.1. The molecule has 0 aliphatic carbocycles. The molecule has 2 aromatic carbocycles. The van der Waals surface area contributed by atoms with E-state index < -0.39 is 18.0 Å². The lowest BCUT2D eigenvalue weighted by Gasteiger charge is -2.16. The molecule has 1 atom stereocenters. The molecule has 24 heavy (non-hydrogen) atoms. The van der Waals surface area contributed by atoms with E-state index in [9.17, 15) is 9.59 Å². The van der Waals surface area contributed by atoms with E-state index in [0.29, 0.717) is 5.02 Å². The summed E-state index contributed by atoms with van der Waals surface area (Å²) in [6.45, 7) is 5.30. The van der Waals surface area contributed by atoms with Gasteiger partial charge in [-0.1, -0.05) is 41.4 Å². The normalized spacial score (nSPS) is 11.7. The van der Waals surface area contributed by atoms with Gasteiger partial charge in [-0.25, -0.2) is 4.79 Å². The molecular weight excluding hydrogens is 349 g/mol. The Labute approximate surface area is 150 Å². The summed E-state index contributed by atoms with van der Waals surface area (Å²) in [6.07, 6.45) is -0.969. The molecule has 0 radical (unpaired) electrons. The molecule has 1 N–H and O–H groups in total. The van der Waals surface area contributed by atoms with Gasteiger partial charge in [-0.15, -0.1) is 0 Å². The highest BCUT2D eigenvalue weighted by molar-refractivity contribution is 6.36. The Hall–Kier alpha value is -2.04. The highest BCUT2D eigenvalue weighted by Crippen LogP contribution is 2.23. The number of para-hydroxylation sites is 1. The standard InChI is InChI=1S/C18H17Cl2NO3/c1-10-5-4-6-11(2)16(10)21-17(22)12(3)24-18(23)14-8-7-13(19)9-15(14)20/h4-9,12H,1-3H3,(H,21,22)/t12-/m1/s1. The van der Waals surface area contributed by atoms with Crippen LogP contribution in [-0.4, -0.2) is 18.0 Å². The SMILES string of the molecule is Cc1cccc(C)c1NC(=O)[C@@H](C)OC(=O)c1ccc(Cl)cc1Cl. The van der Waals surface area contributed by atoms with Crippen LogP contribution < -0.4 is 5.32 Å². The number of nitrogens with one attached hydrogen (secondary N) is 1. The van der Waals surface area contributed by atoms with Crippen LogP contribution in [0.25, 0.3) is 0 Å². The van der Waals surface area contributed by atoms with Crippen LogP contribution >= 0.6 is 23.2 Å². The van der Waals surface area contributed by atoms with E-state index in [2.05, 4.69) is 5.32 Å². The number of benzene rings is 2. The number of aryl methyl sites for hydroxylation is 2. The number of carbonyl (C=O) groups excluding carboxylic acids is 2. The minimum Gasteiger partial charge on any atom is -0.449 e. The average molecular weight is 366 g/mol. The van der Waals surface area contributed by atoms with Crippen molar-refractivity contribution in [2.24, 2.45) is 0 Å². The Bertz CT molecular complexity index is 770. The molecule has 0 heterocycles. The van der Waals surface area contributed by atoms with Gasteiger partial charge in [-0.2, -0.15) is 0 Å². The third kappa shape index (κ3) is 4.28. The summed E-state index contributed by atoms with van der Waals surface area (Å²) in [7, 11) is 0. The zero-order valence-electron chi connectivity index (χ0n) is 13.5. The van der Waals surface area contributed by atoms with Crippen molar-refractivity contribution >= 4 is 40.8 Å². The molecule has 0 aliphatic rings. The minimum absolute atomic E-state index is 0.160. The number of halogens is 2. The second-order valence-electron chi connectivity index (χ2n) is 5.43. The highest BCUT2D eigenvalue weighted by Gasteiger charge is 2.21. The number of rotatable bonds is 4. The van der Waals surface area contributed by atoms with Crippen molar-refractivity contribution < 1.29 is 14.3 Å². The maximum Gasteiger partial charge on any atom is 0.340 e. The van der Waals surface area contributed by atoms with E-state index in [-0.39, 0.29) is 10.6 Å². The predicted octanol–water partition coefficient (Wildman–Crippen LogP) is 4.79. The van der Waals surface area contributed by atoms with Crippen LogP contribution in [0.5, 0.6) is 0 Å². The van der Waals surface area contributed by atoms with Crippen molar-refractivity contribution in [3.05, 3.63) is 63.1 Å². The average Bonchev–Trinajstić information content (AvgIpc) is 2.50. The van der Waals surface area contributed by atoms with Gasteiger partial charge in [-0.3, -0.25) is 4.79 Å². The monoisotopic (exact) mass is 365 g/mol. The molecule has 126 valence electrons. The molecule has 4 nitrogen and oxygen atoms in total. The summed E-state index contributed by atoms with van der Waals surface area (Å²) >= 11 is 11.8. The van der Waals surface area contributed by atoms with Crippen LogP contribution in [0.15, 0.2) is 36.4 Å². The first-order chi connectivity index (χ1) is 11.3. The second-order valence-corrected chi connectivity index (χ2v) is 6.27. The molecule has 0 aromatic heterocycles. The molecule has 0 fully saturated rings. The largest absolute Gasteiger partial charge is 0.449 e. The van der Waals surface area contributed by atoms with Gasteiger partial charge < -0.3 is 10.1 Å². The second kappa shape index (κ2) is 7.69. The van der Waals surface area contributed by atoms with E-state index in [1.54, 1.807) is 0 Å². The first kappa shape index (κ1) is 18.3. The van der Waals surface area contributed by atoms with Crippen LogP contribution in [-0.2, 0) is 9.53 Å². The van der Waals surface area contributed by atoms with Crippen LogP contribution in [0.2, 0.25) is 10.0 Å². The fourth-order valence-corrected chi connectivity index (χ4v) is 2.65. The molecular formula is C18H17Cl2NO3. The van der Waals surface area contributed by atoms with Gasteiger partial charge in [0.1, 0.15) is 0 Å². The number of ether oxygens (including phenoxy) is 1. The first-order valence-electron chi connectivity index (χ1n) is 7.32. The Morgan fingerprint density at radius 2 is 1.71 bits per heavy atom. The number of esters is 1. The van der Waals surface area contributed by atoms with Crippen LogP contribution in [0.4, 0.5) is 5.69 Å². The predicted molar refractivity (Wildman–Crippen MR) is 95.9 cm³/mol. The summed E-state index contributed by atoms with van der Waals surface area (Å²) in [5, 5.41) is 3.38. The van der Waals surface area contributed by atoms with Gasteiger partial charge in [0, 0.05) is 10.7 Å². The molecule has 0 bridgehead atoms. The molecule has 2 aromatic rings. The third-order valence-corrected chi connectivity index (χ3v) is 4.08. The summed E-state index contributed by atoms with van der Waals surface area (Å²) in [4.78, 5) is 24.4. The molecule has 0 saturated carbocycles. The van der Waals surface area contributed by atoms with E-state index in [4.69, 9.17) is 27.9 Å².